The van der Waals surface area contributed by atoms with E-state index < -0.39 is 0 Å². The summed E-state index contributed by atoms with van der Waals surface area (Å²) in [5.41, 5.74) is 6.53. The Labute approximate surface area is 283 Å². The van der Waals surface area contributed by atoms with E-state index in [1.807, 2.05) is 30.6 Å². The van der Waals surface area contributed by atoms with Crippen molar-refractivity contribution in [2.75, 3.05) is 4.90 Å². The van der Waals surface area contributed by atoms with Crippen LogP contribution in [-0.2, 0) is 0 Å². The van der Waals surface area contributed by atoms with E-state index in [4.69, 9.17) is 15.0 Å². The number of anilines is 2. The van der Waals surface area contributed by atoms with Gasteiger partial charge in [0.1, 0.15) is 0 Å². The molecule has 2 aromatic heterocycles. The Morgan fingerprint density at radius 3 is 2.16 bits per heavy atom. The van der Waals surface area contributed by atoms with Crippen molar-refractivity contribution in [3.8, 4) is 34.2 Å². The fraction of sp³-hybridized carbons (Fsp3) is 0.0455. The van der Waals surface area contributed by atoms with Gasteiger partial charge in [0.2, 0.25) is 0 Å². The predicted octanol–water partition coefficient (Wildman–Crippen LogP) is 10.5. The number of pyridine rings is 1. The lowest BCUT2D eigenvalue weighted by atomic mass is 9.90. The molecule has 49 heavy (non-hydrogen) atoms. The maximum Gasteiger partial charge on any atom is 0.164 e. The molecule has 5 nitrogen and oxygen atoms in total. The molecule has 0 radical (unpaired) electrons. The molecule has 2 atom stereocenters. The number of fused-ring (bicyclic) bond motifs is 8. The Morgan fingerprint density at radius 2 is 1.29 bits per heavy atom. The molecule has 0 bridgehead atoms. The van der Waals surface area contributed by atoms with Crippen LogP contribution in [0.5, 0.6) is 0 Å². The highest BCUT2D eigenvalue weighted by Crippen LogP contribution is 2.48. The van der Waals surface area contributed by atoms with Crippen molar-refractivity contribution in [2.24, 2.45) is 0 Å². The van der Waals surface area contributed by atoms with Gasteiger partial charge in [-0.2, -0.15) is 0 Å². The third kappa shape index (κ3) is 4.47. The molecule has 6 aromatic carbocycles. The van der Waals surface area contributed by atoms with Crippen LogP contribution in [0.15, 0.2) is 164 Å². The van der Waals surface area contributed by atoms with E-state index >= 15 is 0 Å². The predicted molar refractivity (Wildman–Crippen MR) is 200 cm³/mol. The average Bonchev–Trinajstić information content (AvgIpc) is 3.51. The summed E-state index contributed by atoms with van der Waals surface area (Å²) in [6.07, 6.45) is 12.7. The summed E-state index contributed by atoms with van der Waals surface area (Å²) >= 11 is 0. The summed E-state index contributed by atoms with van der Waals surface area (Å²) in [6, 6.07) is 44.9. The van der Waals surface area contributed by atoms with Crippen LogP contribution in [0, 0.1) is 0 Å². The van der Waals surface area contributed by atoms with Crippen LogP contribution in [0.25, 0.3) is 66.5 Å². The van der Waals surface area contributed by atoms with Crippen LogP contribution >= 0.6 is 0 Å². The summed E-state index contributed by atoms with van der Waals surface area (Å²) in [5, 5.41) is 6.77. The lowest BCUT2D eigenvalue weighted by molar-refractivity contribution is 0.745. The minimum absolute atomic E-state index is 0.206. The van der Waals surface area contributed by atoms with Crippen molar-refractivity contribution in [1.29, 1.82) is 0 Å². The molecular formula is C44H29N5. The lowest BCUT2D eigenvalue weighted by Crippen LogP contribution is -2.28. The SMILES string of the molecule is C1=CC2c3cc(-c4nc(-c5ccccc5)nc(-c5cc6ccccc6c6ccc7ccncc7c56)n4)ccc3N(c3ccccc3)C2C=C1. The molecule has 5 heteroatoms. The Balaban J connectivity index is 1.22. The summed E-state index contributed by atoms with van der Waals surface area (Å²) in [5.74, 6) is 2.15. The fourth-order valence-electron chi connectivity index (χ4n) is 7.66. The summed E-state index contributed by atoms with van der Waals surface area (Å²) in [7, 11) is 0. The van der Waals surface area contributed by atoms with Gasteiger partial charge in [0.25, 0.3) is 0 Å². The standard InChI is InChI=1S/C44H29N5/c1-3-11-29(12-4-1)42-46-43(31-20-22-40-36(26-31)34-17-9-10-18-39(34)49(40)32-14-5-2-6-15-32)48-44(47-42)37-25-30-13-7-8-16-33(30)35-21-19-28-23-24-45-27-38(28)41(35)37/h1-27,34,39H. The molecule has 8 aromatic rings. The van der Waals surface area contributed by atoms with Gasteiger partial charge < -0.3 is 4.90 Å². The highest BCUT2D eigenvalue weighted by molar-refractivity contribution is 6.22. The molecular weight excluding hydrogens is 599 g/mol. The van der Waals surface area contributed by atoms with E-state index in [2.05, 4.69) is 143 Å². The number of benzene rings is 6. The second-order valence-corrected chi connectivity index (χ2v) is 12.7. The molecule has 1 aliphatic heterocycles. The van der Waals surface area contributed by atoms with E-state index in [0.29, 0.717) is 17.5 Å². The zero-order chi connectivity index (χ0) is 32.3. The fourth-order valence-corrected chi connectivity index (χ4v) is 7.66. The molecule has 0 saturated heterocycles. The molecule has 0 saturated carbocycles. The van der Waals surface area contributed by atoms with Crippen LogP contribution in [0.3, 0.4) is 0 Å². The number of para-hydroxylation sites is 1. The summed E-state index contributed by atoms with van der Waals surface area (Å²) < 4.78 is 0. The monoisotopic (exact) mass is 627 g/mol. The molecule has 0 spiro atoms. The molecule has 1 aliphatic carbocycles. The van der Waals surface area contributed by atoms with Gasteiger partial charge >= 0.3 is 0 Å². The first-order chi connectivity index (χ1) is 24.3. The van der Waals surface area contributed by atoms with Crippen molar-refractivity contribution in [1.82, 2.24) is 19.9 Å². The van der Waals surface area contributed by atoms with E-state index in [-0.39, 0.29) is 12.0 Å². The van der Waals surface area contributed by atoms with Gasteiger partial charge in [-0.05, 0) is 69.6 Å². The van der Waals surface area contributed by atoms with Gasteiger partial charge in [0, 0.05) is 57.1 Å². The Morgan fingerprint density at radius 1 is 0.531 bits per heavy atom. The smallest absolute Gasteiger partial charge is 0.164 e. The highest BCUT2D eigenvalue weighted by Gasteiger charge is 2.37. The molecule has 0 fully saturated rings. The molecule has 3 heterocycles. The zero-order valence-corrected chi connectivity index (χ0v) is 26.5. The van der Waals surface area contributed by atoms with Crippen molar-refractivity contribution in [2.45, 2.75) is 12.0 Å². The second-order valence-electron chi connectivity index (χ2n) is 12.7. The van der Waals surface area contributed by atoms with Crippen LogP contribution in [-0.4, -0.2) is 26.0 Å². The van der Waals surface area contributed by atoms with Crippen LogP contribution in [0.1, 0.15) is 11.5 Å². The van der Waals surface area contributed by atoms with E-state index in [1.165, 1.54) is 22.3 Å². The van der Waals surface area contributed by atoms with E-state index in [0.717, 1.165) is 43.6 Å². The molecule has 2 unspecified atom stereocenters. The first-order valence-corrected chi connectivity index (χ1v) is 16.6. The first-order valence-electron chi connectivity index (χ1n) is 16.6. The third-order valence-corrected chi connectivity index (χ3v) is 9.89. The number of nitrogens with zero attached hydrogens (tertiary/aromatic N) is 5. The molecule has 0 amide bonds. The van der Waals surface area contributed by atoms with Crippen LogP contribution < -0.4 is 4.90 Å². The van der Waals surface area contributed by atoms with Crippen molar-refractivity contribution in [3.05, 3.63) is 170 Å². The van der Waals surface area contributed by atoms with Gasteiger partial charge in [-0.3, -0.25) is 4.98 Å². The Hall–Kier alpha value is -6.46. The Kier molecular flexibility index (Phi) is 6.24. The number of rotatable bonds is 4. The average molecular weight is 628 g/mol. The van der Waals surface area contributed by atoms with E-state index in [1.54, 1.807) is 0 Å². The van der Waals surface area contributed by atoms with Crippen LogP contribution in [0.2, 0.25) is 0 Å². The zero-order valence-electron chi connectivity index (χ0n) is 26.5. The maximum absolute atomic E-state index is 5.28. The molecule has 0 N–H and O–H groups in total. The second kappa shape index (κ2) is 11.1. The number of hydrogen-bond donors (Lipinski definition) is 0. The van der Waals surface area contributed by atoms with Crippen LogP contribution in [0.4, 0.5) is 11.4 Å². The quantitative estimate of drug-likeness (QED) is 0.182. The number of hydrogen-bond acceptors (Lipinski definition) is 5. The minimum atomic E-state index is 0.206. The van der Waals surface area contributed by atoms with Gasteiger partial charge in [-0.15, -0.1) is 0 Å². The van der Waals surface area contributed by atoms with Gasteiger partial charge in [0.15, 0.2) is 17.5 Å². The highest BCUT2D eigenvalue weighted by atomic mass is 15.2. The number of aromatic nitrogens is 4. The molecule has 10 rings (SSSR count). The van der Waals surface area contributed by atoms with Gasteiger partial charge in [-0.1, -0.05) is 109 Å². The topological polar surface area (TPSA) is 54.8 Å². The van der Waals surface area contributed by atoms with E-state index in [9.17, 15) is 0 Å². The maximum atomic E-state index is 5.28. The largest absolute Gasteiger partial charge is 0.333 e. The normalized spacial score (nSPS) is 16.4. The number of allylic oxidation sites excluding steroid dienone is 2. The van der Waals surface area contributed by atoms with Gasteiger partial charge in [0.05, 0.1) is 6.04 Å². The first kappa shape index (κ1) is 27.6. The minimum Gasteiger partial charge on any atom is -0.333 e. The van der Waals surface area contributed by atoms with Crippen molar-refractivity contribution < 1.29 is 0 Å². The summed E-state index contributed by atoms with van der Waals surface area (Å²) in [6.45, 7) is 0. The molecule has 230 valence electrons. The molecule has 2 aliphatic rings. The summed E-state index contributed by atoms with van der Waals surface area (Å²) in [4.78, 5) is 22.6. The van der Waals surface area contributed by atoms with Gasteiger partial charge in [-0.25, -0.2) is 15.0 Å². The van der Waals surface area contributed by atoms with Crippen molar-refractivity contribution in [3.63, 3.8) is 0 Å². The third-order valence-electron chi connectivity index (χ3n) is 9.89. The van der Waals surface area contributed by atoms with Crippen molar-refractivity contribution >= 4 is 43.7 Å². The Bertz CT molecular complexity index is 2630. The lowest BCUT2D eigenvalue weighted by Gasteiger charge is -2.28.